The topological polar surface area (TPSA) is 44.5 Å². The Bertz CT molecular complexity index is 401. The Morgan fingerprint density at radius 2 is 2.06 bits per heavy atom. The van der Waals surface area contributed by atoms with Gasteiger partial charge in [0.25, 0.3) is 0 Å². The Balaban J connectivity index is 2.31. The summed E-state index contributed by atoms with van der Waals surface area (Å²) in [6.07, 6.45) is -0.248. The Morgan fingerprint density at radius 1 is 1.35 bits per heavy atom. The fourth-order valence-corrected chi connectivity index (χ4v) is 1.39. The highest BCUT2D eigenvalue weighted by molar-refractivity contribution is 7.80. The summed E-state index contributed by atoms with van der Waals surface area (Å²) < 4.78 is 10.7. The molecule has 1 rings (SSSR count). The van der Waals surface area contributed by atoms with Gasteiger partial charge in [-0.3, -0.25) is 0 Å². The average molecular weight is 294 g/mol. The summed E-state index contributed by atoms with van der Waals surface area (Å²) in [7, 11) is 0. The first-order valence-electron chi connectivity index (χ1n) is 4.99. The molecule has 0 aromatic heterocycles. The molecule has 17 heavy (non-hydrogen) atoms. The normalized spacial score (nSPS) is 12.2. The van der Waals surface area contributed by atoms with Crippen LogP contribution in [0.15, 0.2) is 18.2 Å². The lowest BCUT2D eigenvalue weighted by Gasteiger charge is -2.12. The second-order valence-corrected chi connectivity index (χ2v) is 4.63. The van der Waals surface area contributed by atoms with Gasteiger partial charge in [0.1, 0.15) is 23.4 Å². The lowest BCUT2D eigenvalue weighted by molar-refractivity contribution is 0.0810. The zero-order valence-corrected chi connectivity index (χ0v) is 11.6. The second-order valence-electron chi connectivity index (χ2n) is 3.34. The van der Waals surface area contributed by atoms with Crippen LogP contribution in [0.4, 0.5) is 0 Å². The maximum Gasteiger partial charge on any atom is 0.121 e. The molecule has 2 N–H and O–H groups in total. The number of hydrogen-bond donors (Lipinski definition) is 1. The van der Waals surface area contributed by atoms with Gasteiger partial charge in [-0.2, -0.15) is 0 Å². The number of nitrogens with two attached hydrogens (primary N) is 1. The Kier molecular flexibility index (Phi) is 5.98. The van der Waals surface area contributed by atoms with E-state index in [-0.39, 0.29) is 6.10 Å². The standard InChI is InChI=1S/C11H13Cl2NO2S/c1-7(11(14)17)15-4-5-16-8-2-3-9(12)10(13)6-8/h2-3,6-7H,4-5H2,1H3,(H2,14,17). The van der Waals surface area contributed by atoms with Gasteiger partial charge in [0.05, 0.1) is 16.7 Å². The van der Waals surface area contributed by atoms with Gasteiger partial charge >= 0.3 is 0 Å². The first kappa shape index (κ1) is 14.5. The molecule has 94 valence electrons. The molecule has 1 aromatic carbocycles. The average Bonchev–Trinajstić information content (AvgIpc) is 2.28. The fourth-order valence-electron chi connectivity index (χ4n) is 1.03. The third-order valence-corrected chi connectivity index (χ3v) is 3.08. The second kappa shape index (κ2) is 7.01. The van der Waals surface area contributed by atoms with Crippen LogP contribution in [-0.2, 0) is 4.74 Å². The fraction of sp³-hybridized carbons (Fsp3) is 0.364. The lowest BCUT2D eigenvalue weighted by Crippen LogP contribution is -2.27. The minimum absolute atomic E-state index is 0.248. The first-order chi connectivity index (χ1) is 8.00. The molecule has 0 fully saturated rings. The first-order valence-corrected chi connectivity index (χ1v) is 6.16. The van der Waals surface area contributed by atoms with E-state index in [0.717, 1.165) is 0 Å². The highest BCUT2D eigenvalue weighted by atomic mass is 35.5. The van der Waals surface area contributed by atoms with Crippen LogP contribution < -0.4 is 10.5 Å². The van der Waals surface area contributed by atoms with Crippen molar-refractivity contribution in [3.63, 3.8) is 0 Å². The molecule has 0 radical (unpaired) electrons. The maximum atomic E-state index is 5.84. The van der Waals surface area contributed by atoms with Gasteiger partial charge < -0.3 is 15.2 Å². The van der Waals surface area contributed by atoms with Gasteiger partial charge in [-0.15, -0.1) is 0 Å². The minimum atomic E-state index is -0.248. The Hall–Kier alpha value is -0.550. The zero-order valence-electron chi connectivity index (χ0n) is 9.28. The van der Waals surface area contributed by atoms with E-state index >= 15 is 0 Å². The summed E-state index contributed by atoms with van der Waals surface area (Å²) in [5.74, 6) is 0.644. The molecular formula is C11H13Cl2NO2S. The van der Waals surface area contributed by atoms with Gasteiger partial charge in [0.2, 0.25) is 0 Å². The minimum Gasteiger partial charge on any atom is -0.491 e. The maximum absolute atomic E-state index is 5.84. The number of benzene rings is 1. The smallest absolute Gasteiger partial charge is 0.121 e. The molecule has 0 saturated heterocycles. The third-order valence-electron chi connectivity index (χ3n) is 2.01. The van der Waals surface area contributed by atoms with Crippen molar-refractivity contribution in [1.29, 1.82) is 0 Å². The molecule has 0 saturated carbocycles. The van der Waals surface area contributed by atoms with Crippen LogP contribution in [0, 0.1) is 0 Å². The van der Waals surface area contributed by atoms with Crippen molar-refractivity contribution < 1.29 is 9.47 Å². The molecule has 6 heteroatoms. The number of rotatable bonds is 6. The van der Waals surface area contributed by atoms with Crippen molar-refractivity contribution in [2.75, 3.05) is 13.2 Å². The molecule has 1 aromatic rings. The summed E-state index contributed by atoms with van der Waals surface area (Å²) >= 11 is 16.4. The van der Waals surface area contributed by atoms with E-state index in [2.05, 4.69) is 0 Å². The lowest BCUT2D eigenvalue weighted by atomic mass is 10.3. The number of halogens is 2. The molecule has 0 aliphatic rings. The largest absolute Gasteiger partial charge is 0.491 e. The summed E-state index contributed by atoms with van der Waals surface area (Å²) in [5.41, 5.74) is 5.40. The summed E-state index contributed by atoms with van der Waals surface area (Å²) in [6.45, 7) is 2.59. The van der Waals surface area contributed by atoms with E-state index in [1.54, 1.807) is 25.1 Å². The van der Waals surface area contributed by atoms with Gasteiger partial charge in [0, 0.05) is 6.07 Å². The molecule has 0 heterocycles. The highest BCUT2D eigenvalue weighted by Crippen LogP contribution is 2.26. The van der Waals surface area contributed by atoms with Crippen LogP contribution in [0.1, 0.15) is 6.92 Å². The summed E-state index contributed by atoms with van der Waals surface area (Å²) in [5, 5.41) is 0.957. The van der Waals surface area contributed by atoms with Gasteiger partial charge in [-0.05, 0) is 19.1 Å². The van der Waals surface area contributed by atoms with E-state index in [0.29, 0.717) is 34.0 Å². The quantitative estimate of drug-likeness (QED) is 0.647. The number of hydrogen-bond acceptors (Lipinski definition) is 3. The molecule has 1 atom stereocenters. The Labute approximate surface area is 116 Å². The molecule has 0 aliphatic heterocycles. The van der Waals surface area contributed by atoms with Crippen molar-refractivity contribution in [2.45, 2.75) is 13.0 Å². The van der Waals surface area contributed by atoms with Gasteiger partial charge in [-0.25, -0.2) is 0 Å². The Morgan fingerprint density at radius 3 is 2.65 bits per heavy atom. The van der Waals surface area contributed by atoms with Crippen LogP contribution in [0.2, 0.25) is 10.0 Å². The van der Waals surface area contributed by atoms with Crippen LogP contribution in [-0.4, -0.2) is 24.3 Å². The van der Waals surface area contributed by atoms with E-state index in [4.69, 9.17) is 50.6 Å². The van der Waals surface area contributed by atoms with Gasteiger partial charge in [-0.1, -0.05) is 35.4 Å². The monoisotopic (exact) mass is 293 g/mol. The van der Waals surface area contributed by atoms with Crippen LogP contribution in [0.3, 0.4) is 0 Å². The summed E-state index contributed by atoms with van der Waals surface area (Å²) in [6, 6.07) is 5.07. The van der Waals surface area contributed by atoms with E-state index in [1.807, 2.05) is 0 Å². The number of thiocarbonyl (C=S) groups is 1. The molecule has 3 nitrogen and oxygen atoms in total. The van der Waals surface area contributed by atoms with Crippen molar-refractivity contribution in [2.24, 2.45) is 5.73 Å². The molecular weight excluding hydrogens is 281 g/mol. The molecule has 0 aliphatic carbocycles. The predicted molar refractivity (Wildman–Crippen MR) is 74.2 cm³/mol. The third kappa shape index (κ3) is 5.08. The van der Waals surface area contributed by atoms with Crippen molar-refractivity contribution in [3.8, 4) is 5.75 Å². The zero-order chi connectivity index (χ0) is 12.8. The van der Waals surface area contributed by atoms with Crippen molar-refractivity contribution >= 4 is 40.4 Å². The van der Waals surface area contributed by atoms with Crippen molar-refractivity contribution in [3.05, 3.63) is 28.2 Å². The molecule has 0 bridgehead atoms. The van der Waals surface area contributed by atoms with E-state index < -0.39 is 0 Å². The summed E-state index contributed by atoms with van der Waals surface area (Å²) in [4.78, 5) is 0.333. The van der Waals surface area contributed by atoms with E-state index in [9.17, 15) is 0 Å². The van der Waals surface area contributed by atoms with E-state index in [1.165, 1.54) is 0 Å². The van der Waals surface area contributed by atoms with Crippen molar-refractivity contribution in [1.82, 2.24) is 0 Å². The predicted octanol–water partition coefficient (Wildman–Crippen LogP) is 3.06. The molecule has 1 unspecified atom stereocenters. The molecule has 0 amide bonds. The van der Waals surface area contributed by atoms with Crippen LogP contribution in [0.25, 0.3) is 0 Å². The van der Waals surface area contributed by atoms with Crippen LogP contribution in [0.5, 0.6) is 5.75 Å². The SMILES string of the molecule is CC(OCCOc1ccc(Cl)c(Cl)c1)C(N)=S. The molecule has 0 spiro atoms. The highest BCUT2D eigenvalue weighted by Gasteiger charge is 2.05. The van der Waals surface area contributed by atoms with Gasteiger partial charge in [0.15, 0.2) is 0 Å². The number of ether oxygens (including phenoxy) is 2. The van der Waals surface area contributed by atoms with Crippen LogP contribution >= 0.6 is 35.4 Å².